The van der Waals surface area contributed by atoms with Crippen LogP contribution in [-0.2, 0) is 9.53 Å². The maximum atomic E-state index is 12.9. The van der Waals surface area contributed by atoms with E-state index in [1.165, 1.54) is 0 Å². The molecule has 0 amide bonds. The molecule has 0 aromatic rings. The van der Waals surface area contributed by atoms with Crippen molar-refractivity contribution < 1.29 is 40.3 Å². The van der Waals surface area contributed by atoms with E-state index in [2.05, 4.69) is 4.74 Å². The fraction of sp³-hybridized carbons (Fsp3) is 0.875. The molecule has 0 saturated heterocycles. The van der Waals surface area contributed by atoms with Crippen LogP contribution in [0, 0.1) is 0 Å². The fourth-order valence-electron chi connectivity index (χ4n) is 0.976. The molecule has 0 radical (unpaired) electrons. The topological polar surface area (TPSA) is 26.3 Å². The van der Waals surface area contributed by atoms with Crippen LogP contribution in [0.5, 0.6) is 0 Å². The molecule has 0 heterocycles. The Bertz CT molecular complexity index is 254. The molecule has 0 bridgehead atoms. The maximum absolute atomic E-state index is 12.9. The summed E-state index contributed by atoms with van der Waals surface area (Å²) in [6.07, 6.45) is -14.8. The molecule has 0 atom stereocenters. The van der Waals surface area contributed by atoms with Gasteiger partial charge >= 0.3 is 18.3 Å². The Balaban J connectivity index is 4.59. The quantitative estimate of drug-likeness (QED) is 0.445. The summed E-state index contributed by atoms with van der Waals surface area (Å²) >= 11 is 0. The summed E-state index contributed by atoms with van der Waals surface area (Å²) < 4.78 is 89.0. The van der Waals surface area contributed by atoms with Gasteiger partial charge < -0.3 is 4.74 Å². The van der Waals surface area contributed by atoms with Gasteiger partial charge in [-0.1, -0.05) is 0 Å². The van der Waals surface area contributed by atoms with Crippen molar-refractivity contribution in [1.29, 1.82) is 0 Å². The first-order chi connectivity index (χ1) is 7.42. The van der Waals surface area contributed by atoms with Crippen LogP contribution in [-0.4, -0.2) is 30.6 Å². The average Bonchev–Trinajstić information content (AvgIpc) is 2.07. The lowest BCUT2D eigenvalue weighted by atomic mass is 9.98. The van der Waals surface area contributed by atoms with Crippen molar-refractivity contribution in [3.05, 3.63) is 0 Å². The largest absolute Gasteiger partial charge is 0.466 e. The lowest BCUT2D eigenvalue weighted by Crippen LogP contribution is -2.53. The van der Waals surface area contributed by atoms with E-state index in [1.807, 2.05) is 0 Å². The number of alkyl halides is 7. The Morgan fingerprint density at radius 3 is 1.71 bits per heavy atom. The highest BCUT2D eigenvalue weighted by atomic mass is 19.4. The fourth-order valence-corrected chi connectivity index (χ4v) is 0.976. The maximum Gasteiger partial charge on any atom is 0.431 e. The second-order valence-corrected chi connectivity index (χ2v) is 3.24. The molecule has 0 aliphatic rings. The Kier molecular flexibility index (Phi) is 4.79. The van der Waals surface area contributed by atoms with Crippen molar-refractivity contribution in [1.82, 2.24) is 0 Å². The first-order valence-electron chi connectivity index (χ1n) is 4.37. The van der Waals surface area contributed by atoms with E-state index in [0.29, 0.717) is 0 Å². The van der Waals surface area contributed by atoms with E-state index >= 15 is 0 Å². The minimum absolute atomic E-state index is 0.701. The second-order valence-electron chi connectivity index (χ2n) is 3.24. The van der Waals surface area contributed by atoms with Crippen molar-refractivity contribution in [2.24, 2.45) is 0 Å². The number of carbonyl (C=O) groups excluding carboxylic acids is 1. The molecule has 0 aliphatic heterocycles. The lowest BCUT2D eigenvalue weighted by molar-refractivity contribution is -0.343. The van der Waals surface area contributed by atoms with Gasteiger partial charge in [0.05, 0.1) is 6.61 Å². The number of esters is 1. The van der Waals surface area contributed by atoms with Crippen molar-refractivity contribution in [3.63, 3.8) is 0 Å². The van der Waals surface area contributed by atoms with Gasteiger partial charge in [0.15, 0.2) is 0 Å². The summed E-state index contributed by atoms with van der Waals surface area (Å²) in [5.41, 5.74) is -5.28. The molecule has 2 nitrogen and oxygen atoms in total. The molecule has 0 fully saturated rings. The summed E-state index contributed by atoms with van der Waals surface area (Å²) in [7, 11) is 0. The SMILES string of the molecule is CC(=O)OCCCC(F)(C(F)(F)F)C(F)(F)F. The van der Waals surface area contributed by atoms with E-state index in [1.54, 1.807) is 0 Å². The van der Waals surface area contributed by atoms with Crippen LogP contribution in [0.15, 0.2) is 0 Å². The third-order valence-corrected chi connectivity index (χ3v) is 1.87. The molecule has 0 rings (SSSR count). The predicted octanol–water partition coefficient (Wildman–Crippen LogP) is 3.16. The highest BCUT2D eigenvalue weighted by Crippen LogP contribution is 2.48. The molecule has 17 heavy (non-hydrogen) atoms. The standard InChI is InChI=1S/C8H9F7O2/c1-5(16)17-4-2-3-6(9,7(10,11)12)8(13,14)15/h2-4H2,1H3. The smallest absolute Gasteiger partial charge is 0.431 e. The van der Waals surface area contributed by atoms with Gasteiger partial charge in [-0.2, -0.15) is 26.3 Å². The van der Waals surface area contributed by atoms with Crippen LogP contribution in [0.4, 0.5) is 30.7 Å². The molecular weight excluding hydrogens is 261 g/mol. The number of rotatable bonds is 4. The van der Waals surface area contributed by atoms with Crippen LogP contribution < -0.4 is 0 Å². The summed E-state index contributed by atoms with van der Waals surface area (Å²) in [5, 5.41) is 0. The Morgan fingerprint density at radius 1 is 1.00 bits per heavy atom. The van der Waals surface area contributed by atoms with Crippen molar-refractivity contribution in [3.8, 4) is 0 Å². The highest BCUT2D eigenvalue weighted by Gasteiger charge is 2.71. The van der Waals surface area contributed by atoms with Crippen molar-refractivity contribution >= 4 is 5.97 Å². The first kappa shape index (κ1) is 16.0. The number of carbonyl (C=O) groups is 1. The molecule has 0 aromatic carbocycles. The van der Waals surface area contributed by atoms with Gasteiger partial charge in [-0.15, -0.1) is 0 Å². The van der Waals surface area contributed by atoms with Crippen LogP contribution >= 0.6 is 0 Å². The van der Waals surface area contributed by atoms with Crippen molar-refractivity contribution in [2.45, 2.75) is 37.8 Å². The first-order valence-corrected chi connectivity index (χ1v) is 4.37. The zero-order chi connectivity index (χ0) is 13.9. The van der Waals surface area contributed by atoms with E-state index in [-0.39, 0.29) is 0 Å². The third kappa shape index (κ3) is 4.04. The molecule has 0 unspecified atom stereocenters. The number of hydrogen-bond donors (Lipinski definition) is 0. The number of ether oxygens (including phenoxy) is 1. The predicted molar refractivity (Wildman–Crippen MR) is 41.8 cm³/mol. The van der Waals surface area contributed by atoms with E-state index in [9.17, 15) is 35.5 Å². The minimum atomic E-state index is -6.05. The summed E-state index contributed by atoms with van der Waals surface area (Å²) in [4.78, 5) is 10.2. The zero-order valence-electron chi connectivity index (χ0n) is 8.58. The minimum Gasteiger partial charge on any atom is -0.466 e. The molecule has 0 N–H and O–H groups in total. The van der Waals surface area contributed by atoms with Crippen LogP contribution in [0.25, 0.3) is 0 Å². The number of halogens is 7. The molecule has 102 valence electrons. The average molecular weight is 270 g/mol. The summed E-state index contributed by atoms with van der Waals surface area (Å²) in [5.74, 6) is -0.867. The normalized spacial score (nSPS) is 13.6. The molecule has 9 heteroatoms. The van der Waals surface area contributed by atoms with Crippen LogP contribution in [0.3, 0.4) is 0 Å². The van der Waals surface area contributed by atoms with Crippen LogP contribution in [0.1, 0.15) is 19.8 Å². The van der Waals surface area contributed by atoms with Gasteiger partial charge in [-0.25, -0.2) is 4.39 Å². The monoisotopic (exact) mass is 270 g/mol. The van der Waals surface area contributed by atoms with Gasteiger partial charge in [0.2, 0.25) is 0 Å². The van der Waals surface area contributed by atoms with Gasteiger partial charge in [0, 0.05) is 13.3 Å². The van der Waals surface area contributed by atoms with Gasteiger partial charge in [-0.05, 0) is 6.42 Å². The van der Waals surface area contributed by atoms with E-state index in [0.717, 1.165) is 6.92 Å². The highest BCUT2D eigenvalue weighted by molar-refractivity contribution is 5.65. The lowest BCUT2D eigenvalue weighted by Gasteiger charge is -2.29. The Labute approximate surface area is 91.7 Å². The van der Waals surface area contributed by atoms with E-state index < -0.39 is 43.4 Å². The van der Waals surface area contributed by atoms with Crippen molar-refractivity contribution in [2.75, 3.05) is 6.61 Å². The molecule has 0 aromatic heterocycles. The summed E-state index contributed by atoms with van der Waals surface area (Å²) in [6, 6.07) is 0. The van der Waals surface area contributed by atoms with E-state index in [4.69, 9.17) is 0 Å². The molecule has 0 spiro atoms. The number of hydrogen-bond acceptors (Lipinski definition) is 2. The summed E-state index contributed by atoms with van der Waals surface area (Å²) in [6.45, 7) is 0.226. The Morgan fingerprint density at radius 2 is 1.41 bits per heavy atom. The third-order valence-electron chi connectivity index (χ3n) is 1.87. The zero-order valence-corrected chi connectivity index (χ0v) is 8.58. The second kappa shape index (κ2) is 5.09. The van der Waals surface area contributed by atoms with Gasteiger partial charge in [0.1, 0.15) is 0 Å². The van der Waals surface area contributed by atoms with Gasteiger partial charge in [0.25, 0.3) is 5.67 Å². The van der Waals surface area contributed by atoms with Crippen LogP contribution in [0.2, 0.25) is 0 Å². The molecular formula is C8H9F7O2. The Hall–Kier alpha value is -1.02. The molecule has 0 aliphatic carbocycles. The molecule has 0 saturated carbocycles. The van der Waals surface area contributed by atoms with Gasteiger partial charge in [-0.3, -0.25) is 4.79 Å².